The number of guanidine groups is 1. The fourth-order valence-corrected chi connectivity index (χ4v) is 4.54. The molecule has 1 unspecified atom stereocenters. The van der Waals surface area contributed by atoms with Crippen LogP contribution in [0.1, 0.15) is 46.0 Å². The van der Waals surface area contributed by atoms with Crippen molar-refractivity contribution in [2.75, 3.05) is 51.4 Å². The average Bonchev–Trinajstić information content (AvgIpc) is 3.14. The van der Waals surface area contributed by atoms with Gasteiger partial charge in [0.15, 0.2) is 5.96 Å². The van der Waals surface area contributed by atoms with E-state index in [1.165, 1.54) is 19.1 Å². The Morgan fingerprint density at radius 2 is 1.92 bits per heavy atom. The molecule has 0 aromatic carbocycles. The third kappa shape index (κ3) is 6.70. The van der Waals surface area contributed by atoms with E-state index >= 15 is 0 Å². The van der Waals surface area contributed by atoms with E-state index in [1.54, 1.807) is 0 Å². The Morgan fingerprint density at radius 3 is 2.50 bits per heavy atom. The summed E-state index contributed by atoms with van der Waals surface area (Å²) in [4.78, 5) is 7.49. The Hall–Kier alpha value is -0.860. The molecule has 2 aliphatic rings. The molecule has 2 rings (SSSR count). The Balaban J connectivity index is 2.00. The number of likely N-dealkylation sites (tertiary alicyclic amines) is 1. The highest BCUT2D eigenvalue weighted by Crippen LogP contribution is 2.31. The summed E-state index contributed by atoms with van der Waals surface area (Å²) in [5.41, 5.74) is 0.104. The Labute approximate surface area is 158 Å². The van der Waals surface area contributed by atoms with Gasteiger partial charge in [-0.15, -0.1) is 0 Å². The maximum Gasteiger partial charge on any atom is 0.191 e. The minimum Gasteiger partial charge on any atom is -0.381 e. The van der Waals surface area contributed by atoms with Crippen LogP contribution in [0.5, 0.6) is 0 Å². The predicted molar refractivity (Wildman–Crippen MR) is 106 cm³/mol. The van der Waals surface area contributed by atoms with Crippen molar-refractivity contribution in [1.29, 1.82) is 0 Å². The van der Waals surface area contributed by atoms with Gasteiger partial charge < -0.3 is 15.4 Å². The molecule has 7 nitrogen and oxygen atoms in total. The summed E-state index contributed by atoms with van der Waals surface area (Å²) in [6.45, 7) is 9.51. The first-order valence-corrected chi connectivity index (χ1v) is 12.0. The first-order chi connectivity index (χ1) is 12.3. The summed E-state index contributed by atoms with van der Waals surface area (Å²) in [5.74, 6) is 0.967. The van der Waals surface area contributed by atoms with Crippen molar-refractivity contribution in [3.8, 4) is 0 Å². The second-order valence-corrected chi connectivity index (χ2v) is 9.95. The van der Waals surface area contributed by atoms with Gasteiger partial charge in [0.2, 0.25) is 0 Å². The van der Waals surface area contributed by atoms with E-state index in [-0.39, 0.29) is 17.3 Å². The van der Waals surface area contributed by atoms with Crippen molar-refractivity contribution in [3.05, 3.63) is 0 Å². The molecule has 0 bridgehead atoms. The first-order valence-electron chi connectivity index (χ1n) is 9.90. The molecule has 26 heavy (non-hydrogen) atoms. The number of nitrogens with zero attached hydrogens (tertiary/aromatic N) is 2. The molecule has 1 atom stereocenters. The van der Waals surface area contributed by atoms with Crippen LogP contribution >= 0.6 is 0 Å². The lowest BCUT2D eigenvalue weighted by atomic mass is 9.88. The van der Waals surface area contributed by atoms with E-state index in [1.807, 2.05) is 13.8 Å². The van der Waals surface area contributed by atoms with E-state index in [0.717, 1.165) is 58.2 Å². The third-order valence-corrected chi connectivity index (χ3v) is 6.36. The van der Waals surface area contributed by atoms with Crippen molar-refractivity contribution in [3.63, 3.8) is 0 Å². The predicted octanol–water partition coefficient (Wildman–Crippen LogP) is 1.01. The Bertz CT molecular complexity index is 553. The van der Waals surface area contributed by atoms with Crippen molar-refractivity contribution in [2.24, 2.45) is 4.99 Å². The maximum absolute atomic E-state index is 11.4. The third-order valence-electron chi connectivity index (χ3n) is 5.38. The zero-order valence-electron chi connectivity index (χ0n) is 16.6. The maximum atomic E-state index is 11.4. The molecule has 0 radical (unpaired) electrons. The van der Waals surface area contributed by atoms with Gasteiger partial charge in [-0.25, -0.2) is 8.42 Å². The smallest absolute Gasteiger partial charge is 0.191 e. The van der Waals surface area contributed by atoms with Gasteiger partial charge in [-0.3, -0.25) is 9.89 Å². The van der Waals surface area contributed by atoms with Crippen LogP contribution < -0.4 is 10.6 Å². The van der Waals surface area contributed by atoms with Gasteiger partial charge >= 0.3 is 0 Å². The summed E-state index contributed by atoms with van der Waals surface area (Å²) in [7, 11) is -2.94. The molecule has 2 aliphatic heterocycles. The van der Waals surface area contributed by atoms with Gasteiger partial charge in [0.05, 0.1) is 12.3 Å². The van der Waals surface area contributed by atoms with Crippen LogP contribution in [-0.4, -0.2) is 82.3 Å². The van der Waals surface area contributed by atoms with Crippen LogP contribution in [0.15, 0.2) is 4.99 Å². The van der Waals surface area contributed by atoms with Crippen LogP contribution in [0.25, 0.3) is 0 Å². The molecule has 2 fully saturated rings. The lowest BCUT2D eigenvalue weighted by molar-refractivity contribution is -0.0139. The zero-order valence-corrected chi connectivity index (χ0v) is 17.4. The minimum absolute atomic E-state index is 0.0555. The largest absolute Gasteiger partial charge is 0.381 e. The summed E-state index contributed by atoms with van der Waals surface area (Å²) in [5, 5.41) is 6.66. The van der Waals surface area contributed by atoms with Gasteiger partial charge in [0, 0.05) is 37.6 Å². The second-order valence-electron chi connectivity index (χ2n) is 7.69. The molecule has 2 heterocycles. The number of hydrogen-bond donors (Lipinski definition) is 2. The highest BCUT2D eigenvalue weighted by Gasteiger charge is 2.39. The van der Waals surface area contributed by atoms with E-state index in [2.05, 4.69) is 15.5 Å². The molecule has 0 aromatic rings. The van der Waals surface area contributed by atoms with Crippen LogP contribution in [0, 0.1) is 0 Å². The quantitative estimate of drug-likeness (QED) is 0.477. The number of sulfone groups is 1. The van der Waals surface area contributed by atoms with Crippen molar-refractivity contribution >= 4 is 15.8 Å². The van der Waals surface area contributed by atoms with Crippen molar-refractivity contribution < 1.29 is 13.2 Å². The van der Waals surface area contributed by atoms with E-state index < -0.39 is 9.84 Å². The molecule has 2 saturated heterocycles. The Kier molecular flexibility index (Phi) is 8.16. The molecule has 0 spiro atoms. The lowest BCUT2D eigenvalue weighted by Crippen LogP contribution is -2.54. The number of hydrogen-bond acceptors (Lipinski definition) is 5. The summed E-state index contributed by atoms with van der Waals surface area (Å²) in [6.07, 6.45) is 6.46. The standard InChI is InChI=1S/C18H36N4O3S/c1-4-19-17(21-16(2)7-14-26(3,23)24)20-15-18(8-12-25-13-9-18)22-10-5-6-11-22/h16H,4-15H2,1-3H3,(H2,19,20,21). The molecule has 8 heteroatoms. The minimum atomic E-state index is -2.94. The molecule has 152 valence electrons. The summed E-state index contributed by atoms with van der Waals surface area (Å²) < 4.78 is 28.4. The molecular weight excluding hydrogens is 352 g/mol. The van der Waals surface area contributed by atoms with E-state index in [0.29, 0.717) is 6.42 Å². The van der Waals surface area contributed by atoms with Crippen LogP contribution in [-0.2, 0) is 14.6 Å². The highest BCUT2D eigenvalue weighted by atomic mass is 32.2. The molecule has 0 aromatic heterocycles. The topological polar surface area (TPSA) is 83.0 Å². The van der Waals surface area contributed by atoms with Gasteiger partial charge in [0.25, 0.3) is 0 Å². The SMILES string of the molecule is CCNC(=NCC1(N2CCCC2)CCOCC1)NC(C)CCS(C)(=O)=O. The number of rotatable bonds is 8. The van der Waals surface area contributed by atoms with Crippen molar-refractivity contribution in [1.82, 2.24) is 15.5 Å². The summed E-state index contributed by atoms with van der Waals surface area (Å²) >= 11 is 0. The van der Waals surface area contributed by atoms with Gasteiger partial charge in [-0.1, -0.05) is 0 Å². The molecule has 0 amide bonds. The number of ether oxygens (including phenoxy) is 1. The van der Waals surface area contributed by atoms with Crippen LogP contribution in [0.3, 0.4) is 0 Å². The van der Waals surface area contributed by atoms with Gasteiger partial charge in [-0.2, -0.15) is 0 Å². The highest BCUT2D eigenvalue weighted by molar-refractivity contribution is 7.90. The first kappa shape index (κ1) is 21.4. The van der Waals surface area contributed by atoms with Crippen LogP contribution in [0.2, 0.25) is 0 Å². The zero-order chi connectivity index (χ0) is 19.0. The molecule has 2 N–H and O–H groups in total. The normalized spacial score (nSPS) is 23.0. The molecule has 0 saturated carbocycles. The van der Waals surface area contributed by atoms with Crippen molar-refractivity contribution in [2.45, 2.75) is 57.5 Å². The van der Waals surface area contributed by atoms with E-state index in [4.69, 9.17) is 9.73 Å². The fourth-order valence-electron chi connectivity index (χ4n) is 3.76. The number of nitrogens with one attached hydrogen (secondary N) is 2. The number of aliphatic imine (C=N–C) groups is 1. The second kappa shape index (κ2) is 9.90. The summed E-state index contributed by atoms with van der Waals surface area (Å²) in [6, 6.07) is 0.0555. The average molecular weight is 389 g/mol. The fraction of sp³-hybridized carbons (Fsp3) is 0.944. The lowest BCUT2D eigenvalue weighted by Gasteiger charge is -2.43. The monoisotopic (exact) mass is 388 g/mol. The molecular formula is C18H36N4O3S. The molecule has 0 aliphatic carbocycles. The Morgan fingerprint density at radius 1 is 1.27 bits per heavy atom. The van der Waals surface area contributed by atoms with E-state index in [9.17, 15) is 8.42 Å². The van der Waals surface area contributed by atoms with Crippen LogP contribution in [0.4, 0.5) is 0 Å². The van der Waals surface area contributed by atoms with Gasteiger partial charge in [0.1, 0.15) is 9.84 Å². The van der Waals surface area contributed by atoms with Gasteiger partial charge in [-0.05, 0) is 59.0 Å².